The van der Waals surface area contributed by atoms with E-state index in [-0.39, 0.29) is 6.61 Å². The molecule has 0 aliphatic heterocycles. The monoisotopic (exact) mass is 346 g/mol. The first-order valence-electron chi connectivity index (χ1n) is 10.00. The van der Waals surface area contributed by atoms with Gasteiger partial charge in [-0.25, -0.2) is 4.79 Å². The molecule has 0 radical (unpaired) electrons. The maximum absolute atomic E-state index is 10.8. The lowest BCUT2D eigenvalue weighted by Crippen LogP contribution is -2.26. The third-order valence-electron chi connectivity index (χ3n) is 5.74. The van der Waals surface area contributed by atoms with Crippen LogP contribution in [0.25, 0.3) is 0 Å². The largest absolute Gasteiger partial charge is 0.482 e. The zero-order chi connectivity index (χ0) is 18.4. The van der Waals surface area contributed by atoms with Gasteiger partial charge >= 0.3 is 5.97 Å². The molecule has 1 saturated carbocycles. The molecule has 3 nitrogen and oxygen atoms in total. The summed E-state index contributed by atoms with van der Waals surface area (Å²) in [5.74, 6) is 3.12. The number of carbonyl (C=O) groups is 1. The Bertz CT molecular complexity index is 564. The van der Waals surface area contributed by atoms with E-state index in [1.807, 2.05) is 26.0 Å². The molecular weight excluding hydrogens is 312 g/mol. The zero-order valence-electron chi connectivity index (χ0n) is 16.3. The molecule has 0 unspecified atom stereocenters. The Morgan fingerprint density at radius 1 is 1.24 bits per heavy atom. The summed E-state index contributed by atoms with van der Waals surface area (Å²) in [6, 6.07) is 6.14. The van der Waals surface area contributed by atoms with E-state index >= 15 is 0 Å². The van der Waals surface area contributed by atoms with E-state index in [0.717, 1.165) is 42.3 Å². The zero-order valence-corrected chi connectivity index (χ0v) is 16.3. The van der Waals surface area contributed by atoms with E-state index in [2.05, 4.69) is 19.9 Å². The molecular formula is C22H34O3. The van der Waals surface area contributed by atoms with E-state index in [1.165, 1.54) is 36.8 Å². The molecule has 25 heavy (non-hydrogen) atoms. The highest BCUT2D eigenvalue weighted by Crippen LogP contribution is 2.48. The van der Waals surface area contributed by atoms with Crippen molar-refractivity contribution < 1.29 is 14.6 Å². The van der Waals surface area contributed by atoms with Crippen LogP contribution >= 0.6 is 0 Å². The summed E-state index contributed by atoms with van der Waals surface area (Å²) in [6.07, 6.45) is 7.59. The molecule has 0 amide bonds. The standard InChI is InChI=1S/C20H28O3.C2H6/c1-13(2)6-7-14-8-9-16-11-18-15(10-17(14)16)4-3-5-19(18)23-12-20(21)22;1-2/h3-5,13-14,16-17H,6-12H2,1-2H3,(H,21,22);1-2H3/t14-,16+,17+;/m0./s1. The first kappa shape index (κ1) is 19.8. The summed E-state index contributed by atoms with van der Waals surface area (Å²) >= 11 is 0. The van der Waals surface area contributed by atoms with Crippen LogP contribution in [0.15, 0.2) is 18.2 Å². The quantitative estimate of drug-likeness (QED) is 0.755. The first-order valence-corrected chi connectivity index (χ1v) is 10.00. The number of ether oxygens (including phenoxy) is 1. The maximum Gasteiger partial charge on any atom is 0.341 e. The molecule has 0 bridgehead atoms. The van der Waals surface area contributed by atoms with Crippen LogP contribution in [-0.2, 0) is 17.6 Å². The minimum atomic E-state index is -0.911. The van der Waals surface area contributed by atoms with Crippen LogP contribution < -0.4 is 4.74 Å². The minimum absolute atomic E-state index is 0.248. The highest BCUT2D eigenvalue weighted by atomic mass is 16.5. The number of hydrogen-bond acceptors (Lipinski definition) is 2. The number of carboxylic acids is 1. The van der Waals surface area contributed by atoms with Crippen molar-refractivity contribution in [1.82, 2.24) is 0 Å². The Hall–Kier alpha value is -1.51. The molecule has 0 heterocycles. The molecule has 1 fully saturated rings. The van der Waals surface area contributed by atoms with Gasteiger partial charge in [0.2, 0.25) is 0 Å². The molecule has 3 rings (SSSR count). The van der Waals surface area contributed by atoms with Gasteiger partial charge < -0.3 is 9.84 Å². The van der Waals surface area contributed by atoms with Gasteiger partial charge in [-0.3, -0.25) is 0 Å². The van der Waals surface area contributed by atoms with Crippen LogP contribution in [0.4, 0.5) is 0 Å². The molecule has 0 spiro atoms. The Kier molecular flexibility index (Phi) is 7.34. The molecule has 1 aromatic carbocycles. The second-order valence-electron chi connectivity index (χ2n) is 7.72. The maximum atomic E-state index is 10.8. The van der Waals surface area contributed by atoms with Crippen LogP contribution in [0.2, 0.25) is 0 Å². The predicted molar refractivity (Wildman–Crippen MR) is 102 cm³/mol. The summed E-state index contributed by atoms with van der Waals surface area (Å²) in [7, 11) is 0. The Morgan fingerprint density at radius 3 is 2.68 bits per heavy atom. The summed E-state index contributed by atoms with van der Waals surface area (Å²) in [5.41, 5.74) is 2.64. The van der Waals surface area contributed by atoms with Crippen molar-refractivity contribution >= 4 is 5.97 Å². The van der Waals surface area contributed by atoms with Crippen molar-refractivity contribution in [3.05, 3.63) is 29.3 Å². The summed E-state index contributed by atoms with van der Waals surface area (Å²) < 4.78 is 5.52. The van der Waals surface area contributed by atoms with Crippen molar-refractivity contribution in [2.24, 2.45) is 23.7 Å². The van der Waals surface area contributed by atoms with E-state index in [9.17, 15) is 4.79 Å². The second-order valence-corrected chi connectivity index (χ2v) is 7.72. The third kappa shape index (κ3) is 4.99. The van der Waals surface area contributed by atoms with Crippen LogP contribution in [0.1, 0.15) is 64.5 Å². The summed E-state index contributed by atoms with van der Waals surface area (Å²) in [5, 5.41) is 8.84. The molecule has 2 aliphatic rings. The average Bonchev–Trinajstić information content (AvgIpc) is 3.00. The van der Waals surface area contributed by atoms with Crippen molar-refractivity contribution in [3.8, 4) is 5.75 Å². The third-order valence-corrected chi connectivity index (χ3v) is 5.74. The lowest BCUT2D eigenvalue weighted by Gasteiger charge is -2.32. The number of hydrogen-bond donors (Lipinski definition) is 1. The van der Waals surface area contributed by atoms with Crippen molar-refractivity contribution in [3.63, 3.8) is 0 Å². The lowest BCUT2D eigenvalue weighted by molar-refractivity contribution is -0.139. The number of carboxylic acid groups (broad SMARTS) is 1. The lowest BCUT2D eigenvalue weighted by atomic mass is 9.73. The van der Waals surface area contributed by atoms with Gasteiger partial charge in [0, 0.05) is 0 Å². The molecule has 2 aliphatic carbocycles. The Morgan fingerprint density at radius 2 is 2.00 bits per heavy atom. The second kappa shape index (κ2) is 9.26. The minimum Gasteiger partial charge on any atom is -0.482 e. The summed E-state index contributed by atoms with van der Waals surface area (Å²) in [6.45, 7) is 8.38. The predicted octanol–water partition coefficient (Wildman–Crippen LogP) is 5.35. The highest BCUT2D eigenvalue weighted by molar-refractivity contribution is 5.68. The molecule has 3 heteroatoms. The van der Waals surface area contributed by atoms with Crippen LogP contribution in [0.5, 0.6) is 5.75 Å². The van der Waals surface area contributed by atoms with Gasteiger partial charge in [0.15, 0.2) is 6.61 Å². The molecule has 0 saturated heterocycles. The fourth-order valence-electron chi connectivity index (χ4n) is 4.56. The van der Waals surface area contributed by atoms with Gasteiger partial charge in [-0.2, -0.15) is 0 Å². The fourth-order valence-corrected chi connectivity index (χ4v) is 4.56. The van der Waals surface area contributed by atoms with Gasteiger partial charge in [0.25, 0.3) is 0 Å². The first-order chi connectivity index (χ1) is 12.0. The summed E-state index contributed by atoms with van der Waals surface area (Å²) in [4.78, 5) is 10.8. The van der Waals surface area contributed by atoms with E-state index in [4.69, 9.17) is 9.84 Å². The molecule has 0 aromatic heterocycles. The van der Waals surface area contributed by atoms with Crippen molar-refractivity contribution in [2.45, 2.75) is 66.2 Å². The van der Waals surface area contributed by atoms with Gasteiger partial charge in [0.1, 0.15) is 5.75 Å². The van der Waals surface area contributed by atoms with Crippen molar-refractivity contribution in [2.75, 3.05) is 6.61 Å². The number of rotatable bonds is 6. The SMILES string of the molecule is CC.CC(C)CC[C@H]1CC[C@@H]2Cc3c(cccc3OCC(=O)O)C[C@H]12. The van der Waals surface area contributed by atoms with Crippen molar-refractivity contribution in [1.29, 1.82) is 0 Å². The van der Waals surface area contributed by atoms with E-state index in [1.54, 1.807) is 0 Å². The van der Waals surface area contributed by atoms with Gasteiger partial charge in [-0.1, -0.05) is 46.2 Å². The molecule has 1 aromatic rings. The topological polar surface area (TPSA) is 46.5 Å². The van der Waals surface area contributed by atoms with Crippen LogP contribution in [0.3, 0.4) is 0 Å². The van der Waals surface area contributed by atoms with Gasteiger partial charge in [-0.05, 0) is 73.0 Å². The van der Waals surface area contributed by atoms with Crippen LogP contribution in [0, 0.1) is 23.7 Å². The number of aliphatic carboxylic acids is 1. The average molecular weight is 347 g/mol. The van der Waals surface area contributed by atoms with Gasteiger partial charge in [0.05, 0.1) is 0 Å². The smallest absolute Gasteiger partial charge is 0.341 e. The normalized spacial score (nSPS) is 24.1. The van der Waals surface area contributed by atoms with E-state index < -0.39 is 5.97 Å². The Labute approximate surface area is 152 Å². The molecule has 140 valence electrons. The highest BCUT2D eigenvalue weighted by Gasteiger charge is 2.39. The Balaban J connectivity index is 0.00000109. The molecule has 1 N–H and O–H groups in total. The number of benzene rings is 1. The molecule has 3 atom stereocenters. The number of fused-ring (bicyclic) bond motifs is 2. The fraction of sp³-hybridized carbons (Fsp3) is 0.682. The van der Waals surface area contributed by atoms with E-state index in [0.29, 0.717) is 0 Å². The van der Waals surface area contributed by atoms with Crippen LogP contribution in [-0.4, -0.2) is 17.7 Å². The van der Waals surface area contributed by atoms with Gasteiger partial charge in [-0.15, -0.1) is 0 Å².